The topological polar surface area (TPSA) is 152 Å². The number of hydrogen-bond donors (Lipinski definition) is 4. The average Bonchev–Trinajstić information content (AvgIpc) is 4.20. The average molecular weight is 1000 g/mol. The molecule has 10 atom stereocenters. The normalized spacial score (nSPS) is 26.2. The molecule has 0 amide bonds. The number of hydrogen-bond acceptors (Lipinski definition) is 10. The number of ether oxygens (including phenoxy) is 4. The molecule has 5 fully saturated rings. The molecule has 4 N–H and O–H groups in total. The minimum Gasteiger partial charge on any atom is -0.462 e. The molecule has 4 aromatic rings. The lowest BCUT2D eigenvalue weighted by molar-refractivity contribution is -0.231. The Balaban J connectivity index is 0.000000191. The van der Waals surface area contributed by atoms with E-state index in [0.29, 0.717) is 40.4 Å². The number of rotatable bonds is 17. The van der Waals surface area contributed by atoms with E-state index in [4.69, 9.17) is 42.1 Å². The summed E-state index contributed by atoms with van der Waals surface area (Å²) in [5.74, 6) is 0.443. The van der Waals surface area contributed by atoms with Crippen LogP contribution in [0.15, 0.2) is 84.9 Å². The zero-order valence-corrected chi connectivity index (χ0v) is 42.7. The van der Waals surface area contributed by atoms with E-state index in [2.05, 4.69) is 54.6 Å². The second-order valence-electron chi connectivity index (χ2n) is 21.3. The Bertz CT molecular complexity index is 2400. The van der Waals surface area contributed by atoms with Crippen molar-refractivity contribution in [1.29, 1.82) is 0 Å². The SMILES string of the molecule is CC[C@@H](OCc1ccc(Cl)c(Cc2ccc(C3CCC4(CC4)C3)cc2)c1)[C@@H](C)[C@@H](COC(C)=O)OC(C)=O.OC[C@H]1OC(c2ccc(Cl)c(Cc3ccc(C4CCC5(CC5)C4)cc3)c2)[C@H](O)[C@@H](O)[C@@H]1O. The largest absolute Gasteiger partial charge is 0.462 e. The van der Waals surface area contributed by atoms with Crippen molar-refractivity contribution in [2.75, 3.05) is 13.2 Å². The van der Waals surface area contributed by atoms with Gasteiger partial charge in [-0.15, -0.1) is 0 Å². The zero-order valence-electron chi connectivity index (χ0n) is 41.2. The highest BCUT2D eigenvalue weighted by Crippen LogP contribution is 2.62. The van der Waals surface area contributed by atoms with Gasteiger partial charge >= 0.3 is 11.9 Å². The molecule has 9 rings (SSSR count). The Kier molecular flexibility index (Phi) is 17.2. The molecule has 4 aromatic carbocycles. The smallest absolute Gasteiger partial charge is 0.303 e. The van der Waals surface area contributed by atoms with Crippen LogP contribution in [0.1, 0.15) is 161 Å². The Hall–Kier alpha value is -3.84. The third-order valence-corrected chi connectivity index (χ3v) is 17.0. The van der Waals surface area contributed by atoms with Crippen molar-refractivity contribution in [2.24, 2.45) is 16.7 Å². The van der Waals surface area contributed by atoms with Crippen LogP contribution in [0.4, 0.5) is 0 Å². The van der Waals surface area contributed by atoms with Crippen molar-refractivity contribution in [2.45, 2.75) is 172 Å². The van der Waals surface area contributed by atoms with Crippen LogP contribution >= 0.6 is 23.2 Å². The maximum absolute atomic E-state index is 11.6. The molecule has 1 saturated heterocycles. The van der Waals surface area contributed by atoms with E-state index < -0.39 is 55.2 Å². The van der Waals surface area contributed by atoms with Crippen molar-refractivity contribution in [3.05, 3.63) is 139 Å². The lowest BCUT2D eigenvalue weighted by Gasteiger charge is -2.40. The lowest BCUT2D eigenvalue weighted by Crippen LogP contribution is -2.55. The van der Waals surface area contributed by atoms with Crippen LogP contribution in [-0.4, -0.2) is 82.2 Å². The van der Waals surface area contributed by atoms with Crippen LogP contribution in [0.5, 0.6) is 0 Å². The van der Waals surface area contributed by atoms with Crippen molar-refractivity contribution >= 4 is 35.1 Å². The van der Waals surface area contributed by atoms with Crippen LogP contribution in [0.2, 0.25) is 10.0 Å². The Morgan fingerprint density at radius 2 is 1.19 bits per heavy atom. The van der Waals surface area contributed by atoms with Crippen molar-refractivity contribution in [3.63, 3.8) is 0 Å². The monoisotopic (exact) mass is 998 g/mol. The molecule has 4 aliphatic carbocycles. The number of esters is 2. The fourth-order valence-electron chi connectivity index (χ4n) is 11.4. The highest BCUT2D eigenvalue weighted by atomic mass is 35.5. The molecule has 4 saturated carbocycles. The summed E-state index contributed by atoms with van der Waals surface area (Å²) < 4.78 is 22.5. The zero-order chi connectivity index (χ0) is 49.7. The van der Waals surface area contributed by atoms with Crippen LogP contribution < -0.4 is 0 Å². The Morgan fingerprint density at radius 3 is 1.67 bits per heavy atom. The van der Waals surface area contributed by atoms with Gasteiger partial charge in [-0.25, -0.2) is 0 Å². The van der Waals surface area contributed by atoms with Crippen LogP contribution in [0, 0.1) is 16.7 Å². The third kappa shape index (κ3) is 13.0. The van der Waals surface area contributed by atoms with E-state index in [1.807, 2.05) is 32.0 Å². The van der Waals surface area contributed by atoms with Gasteiger partial charge in [0.15, 0.2) is 0 Å². The van der Waals surface area contributed by atoms with Gasteiger partial charge in [0.2, 0.25) is 0 Å². The highest BCUT2D eigenvalue weighted by molar-refractivity contribution is 6.31. The standard InChI is InChI=1S/C32H41ClO5.C26H31ClO5/c1-5-30(21(2)31(38-23(4)35)20-36-22(3)34)37-19-25-8-11-29(33)28(17-25)16-24-6-9-26(10-7-24)27-12-13-32(18-27)14-15-32;27-20-6-5-17(25-24(31)23(30)22(29)21(14-28)32-25)12-19(20)11-15-1-3-16(4-2-15)18-7-8-26(13-18)9-10-26/h6-11,17,21,27,30-31H,5,12-16,18-20H2,1-4H3;1-6,12,18,21-25,28-31H,7-11,13-14H2/t21-,27?,30-,31-;18?,21-,22-,23+,24-,25?/m11/s1. The van der Waals surface area contributed by atoms with Gasteiger partial charge in [-0.3, -0.25) is 9.59 Å². The van der Waals surface area contributed by atoms with Crippen molar-refractivity contribution in [1.82, 2.24) is 0 Å². The first-order valence-corrected chi connectivity index (χ1v) is 26.3. The molecule has 0 radical (unpaired) electrons. The molecule has 3 unspecified atom stereocenters. The highest BCUT2D eigenvalue weighted by Gasteiger charge is 2.49. The molecule has 1 aliphatic heterocycles. The summed E-state index contributed by atoms with van der Waals surface area (Å²) in [6.45, 7) is 6.67. The molecule has 2 spiro atoms. The number of aliphatic hydroxyl groups excluding tert-OH is 4. The molecule has 12 heteroatoms. The molecule has 70 heavy (non-hydrogen) atoms. The summed E-state index contributed by atoms with van der Waals surface area (Å²) in [5, 5.41) is 41.4. The van der Waals surface area contributed by atoms with E-state index >= 15 is 0 Å². The maximum atomic E-state index is 11.6. The predicted octanol–water partition coefficient (Wildman–Crippen LogP) is 10.9. The van der Waals surface area contributed by atoms with Gasteiger partial charge in [0.1, 0.15) is 43.2 Å². The molecular weight excluding hydrogens is 928 g/mol. The first-order valence-electron chi connectivity index (χ1n) is 25.5. The van der Waals surface area contributed by atoms with Gasteiger partial charge in [0.25, 0.3) is 0 Å². The molecule has 378 valence electrons. The second kappa shape index (κ2) is 22.9. The molecular formula is C58H72Cl2O10. The number of carbonyl (C=O) groups is 2. The minimum absolute atomic E-state index is 0.0153. The maximum Gasteiger partial charge on any atom is 0.303 e. The summed E-state index contributed by atoms with van der Waals surface area (Å²) in [6.07, 6.45) is 9.30. The van der Waals surface area contributed by atoms with Crippen molar-refractivity contribution in [3.8, 4) is 0 Å². The quantitative estimate of drug-likeness (QED) is 0.0753. The van der Waals surface area contributed by atoms with Crippen LogP contribution in [-0.2, 0) is 48.0 Å². The second-order valence-corrected chi connectivity index (χ2v) is 22.1. The van der Waals surface area contributed by atoms with Gasteiger partial charge in [0, 0.05) is 29.8 Å². The first-order chi connectivity index (χ1) is 33.6. The number of aliphatic hydroxyl groups is 4. The Morgan fingerprint density at radius 1 is 0.671 bits per heavy atom. The van der Waals surface area contributed by atoms with E-state index in [-0.39, 0.29) is 18.6 Å². The fourth-order valence-corrected chi connectivity index (χ4v) is 11.8. The molecule has 0 aromatic heterocycles. The number of carbonyl (C=O) groups excluding carboxylic acids is 2. The minimum atomic E-state index is -1.40. The van der Waals surface area contributed by atoms with E-state index in [9.17, 15) is 30.0 Å². The fraction of sp³-hybridized carbons (Fsp3) is 0.552. The molecule has 10 nitrogen and oxygen atoms in total. The Labute approximate surface area is 424 Å². The summed E-state index contributed by atoms with van der Waals surface area (Å²) >= 11 is 13.0. The lowest BCUT2D eigenvalue weighted by atomic mass is 9.90. The summed E-state index contributed by atoms with van der Waals surface area (Å²) in [5.41, 5.74) is 10.3. The number of halogens is 2. The van der Waals surface area contributed by atoms with E-state index in [1.165, 1.54) is 94.7 Å². The van der Waals surface area contributed by atoms with Gasteiger partial charge in [-0.1, -0.05) is 110 Å². The number of benzene rings is 4. The summed E-state index contributed by atoms with van der Waals surface area (Å²) in [7, 11) is 0. The van der Waals surface area contributed by atoms with Gasteiger partial charge in [-0.05, 0) is 163 Å². The molecule has 5 aliphatic rings. The van der Waals surface area contributed by atoms with E-state index in [1.54, 1.807) is 12.1 Å². The molecule has 1 heterocycles. The predicted molar refractivity (Wildman–Crippen MR) is 271 cm³/mol. The van der Waals surface area contributed by atoms with Crippen LogP contribution in [0.25, 0.3) is 0 Å². The van der Waals surface area contributed by atoms with Gasteiger partial charge < -0.3 is 39.4 Å². The summed E-state index contributed by atoms with van der Waals surface area (Å²) in [6, 6.07) is 29.4. The van der Waals surface area contributed by atoms with Gasteiger partial charge in [0.05, 0.1) is 19.3 Å². The van der Waals surface area contributed by atoms with Gasteiger partial charge in [-0.2, -0.15) is 0 Å². The third-order valence-electron chi connectivity index (χ3n) is 16.2. The van der Waals surface area contributed by atoms with Crippen molar-refractivity contribution < 1.29 is 49.0 Å². The van der Waals surface area contributed by atoms with Crippen LogP contribution in [0.3, 0.4) is 0 Å². The first kappa shape index (κ1) is 52.5. The summed E-state index contributed by atoms with van der Waals surface area (Å²) in [4.78, 5) is 22.9. The van der Waals surface area contributed by atoms with E-state index in [0.717, 1.165) is 46.0 Å². The molecule has 0 bridgehead atoms.